The monoisotopic (exact) mass is 252 g/mol. The summed E-state index contributed by atoms with van der Waals surface area (Å²) < 4.78 is 0. The molecule has 2 atom stereocenters. The molecule has 0 spiro atoms. The highest BCUT2D eigenvalue weighted by Gasteiger charge is 2.32. The van der Waals surface area contributed by atoms with Crippen LogP contribution in [0.15, 0.2) is 0 Å². The van der Waals surface area contributed by atoms with Crippen LogP contribution in [0.1, 0.15) is 53.9 Å². The predicted molar refractivity (Wildman–Crippen MR) is 78.9 cm³/mol. The summed E-state index contributed by atoms with van der Waals surface area (Å²) in [5.41, 5.74) is 0.355. The van der Waals surface area contributed by atoms with Gasteiger partial charge in [0, 0.05) is 37.8 Å². The highest BCUT2D eigenvalue weighted by atomic mass is 15.2. The summed E-state index contributed by atoms with van der Waals surface area (Å²) >= 11 is 0. The van der Waals surface area contributed by atoms with Gasteiger partial charge in [-0.15, -0.1) is 0 Å². The Morgan fingerprint density at radius 3 is 1.83 bits per heavy atom. The first-order valence-electron chi connectivity index (χ1n) is 7.85. The summed E-state index contributed by atoms with van der Waals surface area (Å²) in [4.78, 5) is 5.44. The van der Waals surface area contributed by atoms with Crippen LogP contribution in [0.3, 0.4) is 0 Å². The normalized spacial score (nSPS) is 33.8. The number of likely N-dealkylation sites (tertiary alicyclic amines) is 2. The minimum atomic E-state index is 0.355. The number of nitrogens with zero attached hydrogens (tertiary/aromatic N) is 2. The van der Waals surface area contributed by atoms with Gasteiger partial charge in [0.25, 0.3) is 0 Å². The van der Waals surface area contributed by atoms with Crippen molar-refractivity contribution in [3.8, 4) is 0 Å². The van der Waals surface area contributed by atoms with Gasteiger partial charge in [-0.1, -0.05) is 13.8 Å². The topological polar surface area (TPSA) is 6.48 Å². The summed E-state index contributed by atoms with van der Waals surface area (Å²) in [6.45, 7) is 17.1. The largest absolute Gasteiger partial charge is 0.300 e. The maximum atomic E-state index is 2.79. The molecule has 2 nitrogen and oxygen atoms in total. The van der Waals surface area contributed by atoms with Crippen LogP contribution in [0.4, 0.5) is 0 Å². The van der Waals surface area contributed by atoms with Gasteiger partial charge in [0.05, 0.1) is 0 Å². The maximum Gasteiger partial charge on any atom is 0.0125 e. The fourth-order valence-corrected chi connectivity index (χ4v) is 3.91. The number of piperidine rings is 2. The predicted octanol–water partition coefficient (Wildman–Crippen LogP) is 3.23. The molecule has 0 aromatic rings. The Kier molecular flexibility index (Phi) is 4.38. The number of rotatable bonds is 1. The molecule has 0 unspecified atom stereocenters. The van der Waals surface area contributed by atoms with Crippen molar-refractivity contribution in [2.24, 2.45) is 11.8 Å². The number of hydrogen-bond acceptors (Lipinski definition) is 2. The average molecular weight is 252 g/mol. The van der Waals surface area contributed by atoms with E-state index in [1.807, 2.05) is 0 Å². The van der Waals surface area contributed by atoms with Gasteiger partial charge >= 0.3 is 0 Å². The molecule has 2 aliphatic heterocycles. The van der Waals surface area contributed by atoms with Crippen molar-refractivity contribution < 1.29 is 0 Å². The molecule has 106 valence electrons. The van der Waals surface area contributed by atoms with Crippen LogP contribution >= 0.6 is 0 Å². The highest BCUT2D eigenvalue weighted by molar-refractivity contribution is 4.88. The highest BCUT2D eigenvalue weighted by Crippen LogP contribution is 2.28. The van der Waals surface area contributed by atoms with E-state index in [9.17, 15) is 0 Å². The van der Waals surface area contributed by atoms with Crippen molar-refractivity contribution >= 4 is 0 Å². The van der Waals surface area contributed by atoms with Gasteiger partial charge in [0.2, 0.25) is 0 Å². The maximum absolute atomic E-state index is 2.79. The lowest BCUT2D eigenvalue weighted by Crippen LogP contribution is -2.53. The van der Waals surface area contributed by atoms with E-state index in [4.69, 9.17) is 0 Å². The molecular weight excluding hydrogens is 220 g/mol. The lowest BCUT2D eigenvalue weighted by Gasteiger charge is -2.46. The Labute approximate surface area is 114 Å². The van der Waals surface area contributed by atoms with Crippen molar-refractivity contribution in [2.45, 2.75) is 65.5 Å². The second-order valence-electron chi connectivity index (χ2n) is 7.79. The van der Waals surface area contributed by atoms with Gasteiger partial charge in [-0.3, -0.25) is 9.80 Å². The van der Waals surface area contributed by atoms with E-state index in [-0.39, 0.29) is 0 Å². The zero-order valence-corrected chi connectivity index (χ0v) is 13.1. The first-order chi connectivity index (χ1) is 8.36. The summed E-state index contributed by atoms with van der Waals surface area (Å²) in [7, 11) is 0. The van der Waals surface area contributed by atoms with Gasteiger partial charge in [-0.05, 0) is 51.9 Å². The first-order valence-corrected chi connectivity index (χ1v) is 7.85. The minimum absolute atomic E-state index is 0.355. The Morgan fingerprint density at radius 1 is 0.889 bits per heavy atom. The van der Waals surface area contributed by atoms with Crippen LogP contribution in [0.5, 0.6) is 0 Å². The van der Waals surface area contributed by atoms with Crippen molar-refractivity contribution in [1.82, 2.24) is 9.80 Å². The van der Waals surface area contributed by atoms with Crippen LogP contribution < -0.4 is 0 Å². The van der Waals surface area contributed by atoms with Gasteiger partial charge in [-0.2, -0.15) is 0 Å². The molecule has 0 aromatic heterocycles. The van der Waals surface area contributed by atoms with E-state index in [0.29, 0.717) is 5.54 Å². The molecule has 2 heterocycles. The zero-order chi connectivity index (χ0) is 13.3. The molecule has 0 radical (unpaired) electrons. The second kappa shape index (κ2) is 5.50. The molecule has 0 saturated carbocycles. The van der Waals surface area contributed by atoms with Crippen molar-refractivity contribution in [3.63, 3.8) is 0 Å². The van der Waals surface area contributed by atoms with Crippen LogP contribution in [-0.4, -0.2) is 47.6 Å². The summed E-state index contributed by atoms with van der Waals surface area (Å²) in [5.74, 6) is 1.80. The van der Waals surface area contributed by atoms with Gasteiger partial charge in [0.15, 0.2) is 0 Å². The fourth-order valence-electron chi connectivity index (χ4n) is 3.91. The SMILES string of the molecule is C[C@@H]1C[C@H](C)CN(C2CCN(C(C)(C)C)CC2)C1. The molecule has 0 aromatic carbocycles. The van der Waals surface area contributed by atoms with Gasteiger partial charge < -0.3 is 0 Å². The Hall–Kier alpha value is -0.0800. The third-order valence-corrected chi connectivity index (χ3v) is 4.83. The smallest absolute Gasteiger partial charge is 0.0125 e. The van der Waals surface area contributed by atoms with Crippen LogP contribution in [0.2, 0.25) is 0 Å². The number of hydrogen-bond donors (Lipinski definition) is 0. The molecule has 2 fully saturated rings. The van der Waals surface area contributed by atoms with Crippen molar-refractivity contribution in [1.29, 1.82) is 0 Å². The molecular formula is C16H32N2. The van der Waals surface area contributed by atoms with E-state index in [2.05, 4.69) is 44.4 Å². The third-order valence-electron chi connectivity index (χ3n) is 4.83. The molecule has 2 aliphatic rings. The second-order valence-corrected chi connectivity index (χ2v) is 7.79. The van der Waals surface area contributed by atoms with E-state index in [1.54, 1.807) is 0 Å². The molecule has 0 amide bonds. The molecule has 0 aliphatic carbocycles. The summed E-state index contributed by atoms with van der Waals surface area (Å²) in [6, 6.07) is 0.855. The van der Waals surface area contributed by atoms with Crippen LogP contribution in [0, 0.1) is 11.8 Å². The molecule has 0 bridgehead atoms. The van der Waals surface area contributed by atoms with Crippen LogP contribution in [-0.2, 0) is 0 Å². The van der Waals surface area contributed by atoms with E-state index in [1.165, 1.54) is 45.4 Å². The van der Waals surface area contributed by atoms with E-state index >= 15 is 0 Å². The quantitative estimate of drug-likeness (QED) is 0.707. The fraction of sp³-hybridized carbons (Fsp3) is 1.00. The summed E-state index contributed by atoms with van der Waals surface area (Å²) in [5, 5.41) is 0. The molecule has 2 heteroatoms. The Morgan fingerprint density at radius 2 is 1.39 bits per heavy atom. The molecule has 2 rings (SSSR count). The summed E-state index contributed by atoms with van der Waals surface area (Å²) in [6.07, 6.45) is 4.17. The standard InChI is InChI=1S/C16H32N2/c1-13-10-14(2)12-17(11-13)15-6-8-18(9-7-15)16(3,4)5/h13-15H,6-12H2,1-5H3/t13-,14+. The minimum Gasteiger partial charge on any atom is -0.300 e. The zero-order valence-electron chi connectivity index (χ0n) is 13.1. The van der Waals surface area contributed by atoms with Crippen molar-refractivity contribution in [2.75, 3.05) is 26.2 Å². The average Bonchev–Trinajstić information content (AvgIpc) is 2.27. The molecule has 18 heavy (non-hydrogen) atoms. The molecule has 2 saturated heterocycles. The van der Waals surface area contributed by atoms with Crippen LogP contribution in [0.25, 0.3) is 0 Å². The van der Waals surface area contributed by atoms with Crippen molar-refractivity contribution in [3.05, 3.63) is 0 Å². The van der Waals surface area contributed by atoms with Gasteiger partial charge in [-0.25, -0.2) is 0 Å². The first kappa shape index (κ1) is 14.3. The van der Waals surface area contributed by atoms with Gasteiger partial charge in [0.1, 0.15) is 0 Å². The van der Waals surface area contributed by atoms with E-state index in [0.717, 1.165) is 17.9 Å². The third kappa shape index (κ3) is 3.48. The lowest BCUT2D eigenvalue weighted by atomic mass is 9.88. The molecule has 0 N–H and O–H groups in total. The lowest BCUT2D eigenvalue weighted by molar-refractivity contribution is 0.0280. The Bertz CT molecular complexity index is 251. The van der Waals surface area contributed by atoms with E-state index < -0.39 is 0 Å². The Balaban J connectivity index is 1.86.